The second kappa shape index (κ2) is 5.93. The minimum Gasteiger partial charge on any atom is -0.495 e. The monoisotopic (exact) mass is 289 g/mol. The molecule has 1 heterocycles. The second-order valence-electron chi connectivity index (χ2n) is 6.05. The summed E-state index contributed by atoms with van der Waals surface area (Å²) < 4.78 is 5.10. The van der Waals surface area contributed by atoms with Crippen LogP contribution in [0.15, 0.2) is 18.2 Å². The molecular weight excluding hydrogens is 266 g/mol. The van der Waals surface area contributed by atoms with Crippen LogP contribution in [0.4, 0.5) is 5.69 Å². The molecule has 1 aliphatic carbocycles. The highest BCUT2D eigenvalue weighted by molar-refractivity contribution is 5.95. The zero-order valence-corrected chi connectivity index (χ0v) is 12.5. The lowest BCUT2D eigenvalue weighted by atomic mass is 10.1. The Morgan fingerprint density at radius 3 is 2.90 bits per heavy atom. The summed E-state index contributed by atoms with van der Waals surface area (Å²) in [6.45, 7) is 3.05. The molecule has 21 heavy (non-hydrogen) atoms. The molecule has 1 unspecified atom stereocenters. The van der Waals surface area contributed by atoms with E-state index in [1.165, 1.54) is 25.8 Å². The smallest absolute Gasteiger partial charge is 0.251 e. The highest BCUT2D eigenvalue weighted by atomic mass is 16.5. The van der Waals surface area contributed by atoms with E-state index in [0.717, 1.165) is 19.1 Å². The average Bonchev–Trinajstić information content (AvgIpc) is 3.23. The lowest BCUT2D eigenvalue weighted by Crippen LogP contribution is -2.31. The van der Waals surface area contributed by atoms with Crippen molar-refractivity contribution in [2.75, 3.05) is 32.5 Å². The Morgan fingerprint density at radius 1 is 1.43 bits per heavy atom. The van der Waals surface area contributed by atoms with Crippen LogP contribution < -0.4 is 15.8 Å². The van der Waals surface area contributed by atoms with Crippen molar-refractivity contribution in [3.63, 3.8) is 0 Å². The number of likely N-dealkylation sites (tertiary alicyclic amines) is 1. The molecule has 1 saturated carbocycles. The maximum Gasteiger partial charge on any atom is 0.251 e. The molecule has 1 amide bonds. The summed E-state index contributed by atoms with van der Waals surface area (Å²) >= 11 is 0. The number of carbonyl (C=O) groups excluding carboxylic acids is 1. The van der Waals surface area contributed by atoms with Gasteiger partial charge in [0.2, 0.25) is 0 Å². The number of amides is 1. The topological polar surface area (TPSA) is 67.6 Å². The summed E-state index contributed by atoms with van der Waals surface area (Å²) in [7, 11) is 1.57. The van der Waals surface area contributed by atoms with Crippen molar-refractivity contribution >= 4 is 11.6 Å². The van der Waals surface area contributed by atoms with Crippen LogP contribution in [0.5, 0.6) is 5.75 Å². The molecule has 5 heteroatoms. The second-order valence-corrected chi connectivity index (χ2v) is 6.05. The van der Waals surface area contributed by atoms with Crippen molar-refractivity contribution in [2.45, 2.75) is 25.3 Å². The van der Waals surface area contributed by atoms with E-state index < -0.39 is 0 Å². The van der Waals surface area contributed by atoms with Gasteiger partial charge in [0, 0.05) is 24.7 Å². The number of benzene rings is 1. The standard InChI is InChI=1S/C16H23N3O2/c1-21-15-5-2-12(8-14(15)17)16(20)18-9-11-6-7-19(10-11)13-3-4-13/h2,5,8,11,13H,3-4,6-7,9-10,17H2,1H3,(H,18,20). The summed E-state index contributed by atoms with van der Waals surface area (Å²) in [6.07, 6.45) is 3.88. The zero-order valence-electron chi connectivity index (χ0n) is 12.5. The van der Waals surface area contributed by atoms with Crippen LogP contribution >= 0.6 is 0 Å². The van der Waals surface area contributed by atoms with Crippen molar-refractivity contribution < 1.29 is 9.53 Å². The molecule has 1 aromatic carbocycles. The maximum atomic E-state index is 12.2. The van der Waals surface area contributed by atoms with Gasteiger partial charge in [-0.05, 0) is 49.9 Å². The largest absolute Gasteiger partial charge is 0.495 e. The highest BCUT2D eigenvalue weighted by Gasteiger charge is 2.34. The molecule has 0 spiro atoms. The van der Waals surface area contributed by atoms with E-state index in [-0.39, 0.29) is 5.91 Å². The fourth-order valence-electron chi connectivity index (χ4n) is 3.02. The van der Waals surface area contributed by atoms with E-state index in [1.54, 1.807) is 25.3 Å². The lowest BCUT2D eigenvalue weighted by molar-refractivity contribution is 0.0947. The van der Waals surface area contributed by atoms with Crippen LogP contribution in [-0.4, -0.2) is 43.6 Å². The first-order valence-electron chi connectivity index (χ1n) is 7.63. The SMILES string of the molecule is COc1ccc(C(=O)NCC2CCN(C3CC3)C2)cc1N. The minimum absolute atomic E-state index is 0.0609. The van der Waals surface area contributed by atoms with Gasteiger partial charge < -0.3 is 20.7 Å². The predicted octanol–water partition coefficient (Wildman–Crippen LogP) is 1.49. The molecule has 3 N–H and O–H groups in total. The van der Waals surface area contributed by atoms with E-state index >= 15 is 0 Å². The number of methoxy groups -OCH3 is 1. The molecule has 0 radical (unpaired) electrons. The molecule has 3 rings (SSSR count). The summed E-state index contributed by atoms with van der Waals surface area (Å²) in [5.41, 5.74) is 6.91. The molecule has 114 valence electrons. The van der Waals surface area contributed by atoms with Crippen LogP contribution in [0.3, 0.4) is 0 Å². The van der Waals surface area contributed by atoms with E-state index in [2.05, 4.69) is 10.2 Å². The molecule has 0 bridgehead atoms. The number of nitrogens with zero attached hydrogens (tertiary/aromatic N) is 1. The molecule has 0 aromatic heterocycles. The van der Waals surface area contributed by atoms with Crippen molar-refractivity contribution in [1.29, 1.82) is 0 Å². The summed E-state index contributed by atoms with van der Waals surface area (Å²) in [6, 6.07) is 5.97. The Labute approximate surface area is 125 Å². The van der Waals surface area contributed by atoms with Gasteiger partial charge in [-0.3, -0.25) is 4.79 Å². The molecule has 1 aliphatic heterocycles. The molecule has 1 atom stereocenters. The Morgan fingerprint density at radius 2 is 2.24 bits per heavy atom. The van der Waals surface area contributed by atoms with Gasteiger partial charge >= 0.3 is 0 Å². The number of nitrogens with one attached hydrogen (secondary N) is 1. The van der Waals surface area contributed by atoms with Crippen LogP contribution in [0.25, 0.3) is 0 Å². The number of hydrogen-bond donors (Lipinski definition) is 2. The Balaban J connectivity index is 1.51. The fraction of sp³-hybridized carbons (Fsp3) is 0.562. The van der Waals surface area contributed by atoms with Gasteiger partial charge in [-0.1, -0.05) is 0 Å². The number of carbonyl (C=O) groups is 1. The van der Waals surface area contributed by atoms with Crippen LogP contribution in [0, 0.1) is 5.92 Å². The van der Waals surface area contributed by atoms with Gasteiger partial charge in [-0.25, -0.2) is 0 Å². The predicted molar refractivity (Wildman–Crippen MR) is 82.4 cm³/mol. The van der Waals surface area contributed by atoms with Crippen LogP contribution in [0.2, 0.25) is 0 Å². The number of rotatable bonds is 5. The minimum atomic E-state index is -0.0609. The highest BCUT2D eigenvalue weighted by Crippen LogP contribution is 2.31. The number of nitrogen functional groups attached to an aromatic ring is 1. The van der Waals surface area contributed by atoms with E-state index in [1.807, 2.05) is 0 Å². The molecule has 1 saturated heterocycles. The Kier molecular flexibility index (Phi) is 4.01. The van der Waals surface area contributed by atoms with E-state index in [0.29, 0.717) is 22.9 Å². The first-order valence-corrected chi connectivity index (χ1v) is 7.63. The van der Waals surface area contributed by atoms with Gasteiger partial charge in [0.1, 0.15) is 5.75 Å². The number of ether oxygens (including phenoxy) is 1. The molecule has 2 fully saturated rings. The number of hydrogen-bond acceptors (Lipinski definition) is 4. The third kappa shape index (κ3) is 3.29. The summed E-state index contributed by atoms with van der Waals surface area (Å²) in [5.74, 6) is 1.11. The molecule has 5 nitrogen and oxygen atoms in total. The van der Waals surface area contributed by atoms with Crippen molar-refractivity contribution in [2.24, 2.45) is 5.92 Å². The van der Waals surface area contributed by atoms with Gasteiger partial charge in [-0.2, -0.15) is 0 Å². The van der Waals surface area contributed by atoms with Crippen molar-refractivity contribution in [3.8, 4) is 5.75 Å². The molecule has 1 aromatic rings. The van der Waals surface area contributed by atoms with Crippen molar-refractivity contribution in [3.05, 3.63) is 23.8 Å². The van der Waals surface area contributed by atoms with Crippen LogP contribution in [0.1, 0.15) is 29.6 Å². The molecular formula is C16H23N3O2. The van der Waals surface area contributed by atoms with Gasteiger partial charge in [0.15, 0.2) is 0 Å². The average molecular weight is 289 g/mol. The first-order chi connectivity index (χ1) is 10.2. The summed E-state index contributed by atoms with van der Waals surface area (Å²) in [4.78, 5) is 14.7. The first kappa shape index (κ1) is 14.2. The van der Waals surface area contributed by atoms with Gasteiger partial charge in [-0.15, -0.1) is 0 Å². The lowest BCUT2D eigenvalue weighted by Gasteiger charge is -2.15. The third-order valence-electron chi connectivity index (χ3n) is 4.42. The van der Waals surface area contributed by atoms with Gasteiger partial charge in [0.25, 0.3) is 5.91 Å². The Hall–Kier alpha value is -1.75. The number of anilines is 1. The Bertz CT molecular complexity index is 528. The molecule has 2 aliphatic rings. The van der Waals surface area contributed by atoms with Gasteiger partial charge in [0.05, 0.1) is 12.8 Å². The fourth-order valence-corrected chi connectivity index (χ4v) is 3.02. The third-order valence-corrected chi connectivity index (χ3v) is 4.42. The maximum absolute atomic E-state index is 12.2. The quantitative estimate of drug-likeness (QED) is 0.806. The zero-order chi connectivity index (χ0) is 14.8. The van der Waals surface area contributed by atoms with Crippen LogP contribution in [-0.2, 0) is 0 Å². The van der Waals surface area contributed by atoms with E-state index in [9.17, 15) is 4.79 Å². The van der Waals surface area contributed by atoms with Crippen molar-refractivity contribution in [1.82, 2.24) is 10.2 Å². The normalized spacial score (nSPS) is 22.2. The van der Waals surface area contributed by atoms with E-state index in [4.69, 9.17) is 10.5 Å². The summed E-state index contributed by atoms with van der Waals surface area (Å²) in [5, 5.41) is 3.02. The number of nitrogens with two attached hydrogens (primary N) is 1.